The largest absolute Gasteiger partial charge is 0.490 e. The lowest BCUT2D eigenvalue weighted by molar-refractivity contribution is 0.273. The van der Waals surface area contributed by atoms with Crippen LogP contribution in [0.5, 0.6) is 5.75 Å². The highest BCUT2D eigenvalue weighted by Crippen LogP contribution is 2.46. The van der Waals surface area contributed by atoms with Crippen molar-refractivity contribution in [2.45, 2.75) is 45.4 Å². The maximum Gasteiger partial charge on any atom is 0.165 e. The lowest BCUT2D eigenvalue weighted by Gasteiger charge is -2.23. The topological polar surface area (TPSA) is 9.23 Å². The molecule has 1 aliphatic heterocycles. The molecular formula is C20H21FO. The number of benzene rings is 2. The second-order valence-corrected chi connectivity index (χ2v) is 6.66. The fourth-order valence-electron chi connectivity index (χ4n) is 3.59. The normalized spacial score (nSPS) is 17.0. The molecule has 2 aliphatic rings. The molecule has 114 valence electrons. The van der Waals surface area contributed by atoms with Crippen LogP contribution < -0.4 is 4.74 Å². The van der Waals surface area contributed by atoms with Gasteiger partial charge in [-0.2, -0.15) is 0 Å². The van der Waals surface area contributed by atoms with Gasteiger partial charge in [-0.15, -0.1) is 0 Å². The molecule has 1 aliphatic carbocycles. The number of aryl methyl sites for hydroxylation is 1. The Labute approximate surface area is 131 Å². The van der Waals surface area contributed by atoms with Gasteiger partial charge in [0.05, 0.1) is 6.61 Å². The van der Waals surface area contributed by atoms with Crippen molar-refractivity contribution in [2.24, 2.45) is 0 Å². The highest BCUT2D eigenvalue weighted by molar-refractivity contribution is 5.75. The van der Waals surface area contributed by atoms with Gasteiger partial charge in [0.1, 0.15) is 0 Å². The molecule has 0 saturated heterocycles. The molecule has 0 amide bonds. The van der Waals surface area contributed by atoms with Crippen molar-refractivity contribution in [1.29, 1.82) is 0 Å². The molecule has 0 atom stereocenters. The Bertz CT molecular complexity index is 744. The van der Waals surface area contributed by atoms with E-state index in [1.807, 2.05) is 0 Å². The summed E-state index contributed by atoms with van der Waals surface area (Å²) in [6.07, 6.45) is 4.40. The zero-order chi connectivity index (χ0) is 15.3. The van der Waals surface area contributed by atoms with Gasteiger partial charge in [0.2, 0.25) is 0 Å². The van der Waals surface area contributed by atoms with Crippen LogP contribution in [0.25, 0.3) is 11.1 Å². The Balaban J connectivity index is 1.93. The monoisotopic (exact) mass is 296 g/mol. The molecule has 1 saturated carbocycles. The van der Waals surface area contributed by atoms with E-state index in [1.54, 1.807) is 6.07 Å². The van der Waals surface area contributed by atoms with Crippen LogP contribution in [-0.4, -0.2) is 6.61 Å². The van der Waals surface area contributed by atoms with Gasteiger partial charge in [0.25, 0.3) is 0 Å². The quantitative estimate of drug-likeness (QED) is 0.729. The van der Waals surface area contributed by atoms with E-state index >= 15 is 0 Å². The van der Waals surface area contributed by atoms with Gasteiger partial charge in [-0.05, 0) is 73.8 Å². The van der Waals surface area contributed by atoms with Gasteiger partial charge < -0.3 is 4.74 Å². The third-order valence-electron chi connectivity index (χ3n) is 4.95. The molecule has 22 heavy (non-hydrogen) atoms. The highest BCUT2D eigenvalue weighted by Gasteiger charge is 2.28. The average molecular weight is 296 g/mol. The average Bonchev–Trinajstić information content (AvgIpc) is 3.36. The Kier molecular flexibility index (Phi) is 3.21. The zero-order valence-electron chi connectivity index (χ0n) is 13.2. The summed E-state index contributed by atoms with van der Waals surface area (Å²) in [5, 5.41) is 0. The molecule has 1 fully saturated rings. The first-order valence-electron chi connectivity index (χ1n) is 8.21. The summed E-state index contributed by atoms with van der Waals surface area (Å²) in [4.78, 5) is 0. The van der Waals surface area contributed by atoms with Crippen LogP contribution in [0.3, 0.4) is 0 Å². The Morgan fingerprint density at radius 3 is 2.68 bits per heavy atom. The van der Waals surface area contributed by atoms with Gasteiger partial charge in [0, 0.05) is 5.56 Å². The minimum Gasteiger partial charge on any atom is -0.490 e. The second-order valence-electron chi connectivity index (χ2n) is 6.66. The summed E-state index contributed by atoms with van der Waals surface area (Å²) >= 11 is 0. The van der Waals surface area contributed by atoms with Crippen molar-refractivity contribution >= 4 is 0 Å². The molecule has 0 aromatic heterocycles. The minimum atomic E-state index is -0.210. The van der Waals surface area contributed by atoms with Crippen LogP contribution in [-0.2, 0) is 6.42 Å². The van der Waals surface area contributed by atoms with Gasteiger partial charge in [-0.3, -0.25) is 0 Å². The standard InChI is InChI=1S/C20H21FO/c1-12-5-8-16(14-6-7-14)18(10-12)17-11-19(21)20-15(13(17)2)4-3-9-22-20/h5,8,10-11,14H,3-4,6-7,9H2,1-2H3. The Morgan fingerprint density at radius 2 is 1.91 bits per heavy atom. The van der Waals surface area contributed by atoms with Crippen molar-refractivity contribution in [3.8, 4) is 16.9 Å². The van der Waals surface area contributed by atoms with Crippen molar-refractivity contribution < 1.29 is 9.13 Å². The molecular weight excluding hydrogens is 275 g/mol. The number of fused-ring (bicyclic) bond motifs is 1. The summed E-state index contributed by atoms with van der Waals surface area (Å²) in [5.74, 6) is 0.928. The fourth-order valence-corrected chi connectivity index (χ4v) is 3.59. The second kappa shape index (κ2) is 5.12. The van der Waals surface area contributed by atoms with Gasteiger partial charge in [0.15, 0.2) is 11.6 Å². The molecule has 0 N–H and O–H groups in total. The predicted molar refractivity (Wildman–Crippen MR) is 87.1 cm³/mol. The van der Waals surface area contributed by atoms with Crippen molar-refractivity contribution in [3.63, 3.8) is 0 Å². The van der Waals surface area contributed by atoms with E-state index in [-0.39, 0.29) is 5.82 Å². The summed E-state index contributed by atoms with van der Waals surface area (Å²) in [7, 11) is 0. The third-order valence-corrected chi connectivity index (χ3v) is 4.95. The van der Waals surface area contributed by atoms with E-state index in [2.05, 4.69) is 32.0 Å². The smallest absolute Gasteiger partial charge is 0.165 e. The molecule has 0 bridgehead atoms. The summed E-state index contributed by atoms with van der Waals surface area (Å²) in [6, 6.07) is 8.30. The van der Waals surface area contributed by atoms with Crippen molar-refractivity contribution in [3.05, 3.63) is 52.3 Å². The summed E-state index contributed by atoms with van der Waals surface area (Å²) < 4.78 is 20.1. The van der Waals surface area contributed by atoms with E-state index in [9.17, 15) is 4.39 Å². The van der Waals surface area contributed by atoms with Crippen LogP contribution in [0.1, 0.15) is 47.4 Å². The molecule has 2 aromatic rings. The van der Waals surface area contributed by atoms with Crippen LogP contribution in [0.15, 0.2) is 24.3 Å². The number of hydrogen-bond acceptors (Lipinski definition) is 1. The van der Waals surface area contributed by atoms with E-state index < -0.39 is 0 Å². The summed E-state index contributed by atoms with van der Waals surface area (Å²) in [5.41, 5.74) is 7.12. The van der Waals surface area contributed by atoms with Crippen molar-refractivity contribution in [1.82, 2.24) is 0 Å². The highest BCUT2D eigenvalue weighted by atomic mass is 19.1. The minimum absolute atomic E-state index is 0.210. The van der Waals surface area contributed by atoms with E-state index in [4.69, 9.17) is 4.74 Å². The fraction of sp³-hybridized carbons (Fsp3) is 0.400. The maximum absolute atomic E-state index is 14.5. The Morgan fingerprint density at radius 1 is 1.09 bits per heavy atom. The van der Waals surface area contributed by atoms with Gasteiger partial charge in [-0.25, -0.2) is 4.39 Å². The first-order valence-corrected chi connectivity index (χ1v) is 8.21. The lowest BCUT2D eigenvalue weighted by Crippen LogP contribution is -2.12. The van der Waals surface area contributed by atoms with E-state index in [0.29, 0.717) is 18.3 Å². The molecule has 0 unspecified atom stereocenters. The molecule has 2 aromatic carbocycles. The van der Waals surface area contributed by atoms with Gasteiger partial charge in [-0.1, -0.05) is 23.8 Å². The molecule has 1 heterocycles. The van der Waals surface area contributed by atoms with E-state index in [1.165, 1.54) is 35.1 Å². The first kappa shape index (κ1) is 13.8. The summed E-state index contributed by atoms with van der Waals surface area (Å²) in [6.45, 7) is 4.84. The SMILES string of the molecule is Cc1ccc(C2CC2)c(-c2cc(F)c3c(c2C)CCCO3)c1. The number of halogens is 1. The Hall–Kier alpha value is -1.83. The molecule has 0 spiro atoms. The number of ether oxygens (including phenoxy) is 1. The van der Waals surface area contributed by atoms with Crippen LogP contribution in [0.4, 0.5) is 4.39 Å². The van der Waals surface area contributed by atoms with E-state index in [0.717, 1.165) is 24.0 Å². The third kappa shape index (κ3) is 2.22. The number of hydrogen-bond donors (Lipinski definition) is 0. The van der Waals surface area contributed by atoms with Gasteiger partial charge >= 0.3 is 0 Å². The zero-order valence-corrected chi connectivity index (χ0v) is 13.2. The lowest BCUT2D eigenvalue weighted by atomic mass is 9.88. The predicted octanol–water partition coefficient (Wildman–Crippen LogP) is 5.31. The van der Waals surface area contributed by atoms with Crippen molar-refractivity contribution in [2.75, 3.05) is 6.61 Å². The van der Waals surface area contributed by atoms with Crippen LogP contribution >= 0.6 is 0 Å². The molecule has 1 nitrogen and oxygen atoms in total. The maximum atomic E-state index is 14.5. The van der Waals surface area contributed by atoms with Crippen LogP contribution in [0, 0.1) is 19.7 Å². The molecule has 4 rings (SSSR count). The molecule has 0 radical (unpaired) electrons. The first-order chi connectivity index (χ1) is 10.6. The molecule has 2 heteroatoms. The number of rotatable bonds is 2. The van der Waals surface area contributed by atoms with Crippen LogP contribution in [0.2, 0.25) is 0 Å².